The van der Waals surface area contributed by atoms with Crippen LogP contribution in [0.3, 0.4) is 0 Å². The Morgan fingerprint density at radius 1 is 1.46 bits per heavy atom. The SMILES string of the molecule is CCNC1CCC(SCCCO)C1. The van der Waals surface area contributed by atoms with Crippen molar-refractivity contribution in [1.82, 2.24) is 5.32 Å². The summed E-state index contributed by atoms with van der Waals surface area (Å²) in [4.78, 5) is 0. The lowest BCUT2D eigenvalue weighted by Gasteiger charge is -2.11. The normalized spacial score (nSPS) is 28.2. The molecule has 1 fully saturated rings. The van der Waals surface area contributed by atoms with Crippen molar-refractivity contribution in [2.75, 3.05) is 18.9 Å². The molecular weight excluding hydrogens is 182 g/mol. The van der Waals surface area contributed by atoms with Gasteiger partial charge in [0, 0.05) is 17.9 Å². The van der Waals surface area contributed by atoms with Gasteiger partial charge in [0.05, 0.1) is 0 Å². The minimum atomic E-state index is 0.344. The van der Waals surface area contributed by atoms with E-state index in [9.17, 15) is 0 Å². The number of aliphatic hydroxyl groups is 1. The standard InChI is InChI=1S/C10H21NOS/c1-2-11-9-4-5-10(8-9)13-7-3-6-12/h9-12H,2-8H2,1H3. The maximum absolute atomic E-state index is 8.65. The van der Waals surface area contributed by atoms with Crippen LogP contribution >= 0.6 is 11.8 Å². The van der Waals surface area contributed by atoms with Gasteiger partial charge in [-0.2, -0.15) is 11.8 Å². The van der Waals surface area contributed by atoms with Crippen LogP contribution in [-0.2, 0) is 0 Å². The molecule has 13 heavy (non-hydrogen) atoms. The van der Waals surface area contributed by atoms with Crippen LogP contribution in [0.2, 0.25) is 0 Å². The van der Waals surface area contributed by atoms with Gasteiger partial charge < -0.3 is 10.4 Å². The fraction of sp³-hybridized carbons (Fsp3) is 1.00. The van der Waals surface area contributed by atoms with E-state index in [1.165, 1.54) is 19.3 Å². The second-order valence-electron chi connectivity index (χ2n) is 3.64. The summed E-state index contributed by atoms with van der Waals surface area (Å²) in [5.74, 6) is 1.13. The molecule has 3 heteroatoms. The molecular formula is C10H21NOS. The highest BCUT2D eigenvalue weighted by Gasteiger charge is 2.23. The molecule has 0 aromatic carbocycles. The molecule has 2 unspecified atom stereocenters. The molecule has 0 spiro atoms. The zero-order chi connectivity index (χ0) is 9.52. The van der Waals surface area contributed by atoms with Crippen LogP contribution in [0.1, 0.15) is 32.6 Å². The Kier molecular flexibility index (Phi) is 5.83. The Morgan fingerprint density at radius 3 is 3.00 bits per heavy atom. The van der Waals surface area contributed by atoms with E-state index in [0.717, 1.165) is 30.0 Å². The highest BCUT2D eigenvalue weighted by Crippen LogP contribution is 2.30. The summed E-state index contributed by atoms with van der Waals surface area (Å²) in [5.41, 5.74) is 0. The van der Waals surface area contributed by atoms with E-state index in [1.54, 1.807) is 0 Å². The highest BCUT2D eigenvalue weighted by atomic mass is 32.2. The van der Waals surface area contributed by atoms with Gasteiger partial charge in [0.15, 0.2) is 0 Å². The molecule has 2 nitrogen and oxygen atoms in total. The van der Waals surface area contributed by atoms with Crippen LogP contribution in [0.4, 0.5) is 0 Å². The largest absolute Gasteiger partial charge is 0.396 e. The fourth-order valence-corrected chi connectivity index (χ4v) is 3.18. The van der Waals surface area contributed by atoms with E-state index in [4.69, 9.17) is 5.11 Å². The molecule has 2 N–H and O–H groups in total. The molecule has 0 amide bonds. The molecule has 0 aromatic rings. The Labute approximate surface area is 85.5 Å². The third kappa shape index (κ3) is 4.34. The van der Waals surface area contributed by atoms with E-state index in [2.05, 4.69) is 12.2 Å². The Balaban J connectivity index is 2.03. The molecule has 1 aliphatic rings. The lowest BCUT2D eigenvalue weighted by molar-refractivity contribution is 0.296. The van der Waals surface area contributed by atoms with Gasteiger partial charge in [0.1, 0.15) is 0 Å². The number of hydrogen-bond acceptors (Lipinski definition) is 3. The molecule has 0 heterocycles. The average molecular weight is 203 g/mol. The zero-order valence-corrected chi connectivity index (χ0v) is 9.28. The molecule has 0 radical (unpaired) electrons. The van der Waals surface area contributed by atoms with Crippen LogP contribution < -0.4 is 5.32 Å². The van der Waals surface area contributed by atoms with E-state index < -0.39 is 0 Å². The summed E-state index contributed by atoms with van der Waals surface area (Å²) in [6.07, 6.45) is 4.97. The predicted octanol–water partition coefficient (Wildman–Crippen LogP) is 1.63. The molecule has 0 aromatic heterocycles. The molecule has 2 atom stereocenters. The summed E-state index contributed by atoms with van der Waals surface area (Å²) in [7, 11) is 0. The van der Waals surface area contributed by atoms with Crippen LogP contribution in [-0.4, -0.2) is 35.3 Å². The molecule has 1 saturated carbocycles. The van der Waals surface area contributed by atoms with Gasteiger partial charge in [-0.1, -0.05) is 6.92 Å². The third-order valence-electron chi connectivity index (χ3n) is 2.53. The Morgan fingerprint density at radius 2 is 2.31 bits per heavy atom. The quantitative estimate of drug-likeness (QED) is 0.644. The van der Waals surface area contributed by atoms with E-state index >= 15 is 0 Å². The Bertz CT molecular complexity index is 132. The number of hydrogen-bond donors (Lipinski definition) is 2. The number of thioether (sulfide) groups is 1. The molecule has 0 aliphatic heterocycles. The van der Waals surface area contributed by atoms with Crippen molar-refractivity contribution in [3.05, 3.63) is 0 Å². The Hall–Kier alpha value is 0.270. The molecule has 0 saturated heterocycles. The van der Waals surface area contributed by atoms with Gasteiger partial charge in [0.2, 0.25) is 0 Å². The minimum Gasteiger partial charge on any atom is -0.396 e. The van der Waals surface area contributed by atoms with Crippen molar-refractivity contribution < 1.29 is 5.11 Å². The summed E-state index contributed by atoms with van der Waals surface area (Å²) >= 11 is 2.04. The van der Waals surface area contributed by atoms with E-state index in [0.29, 0.717) is 6.61 Å². The maximum atomic E-state index is 8.65. The average Bonchev–Trinajstić information content (AvgIpc) is 2.54. The summed E-state index contributed by atoms with van der Waals surface area (Å²) in [5, 5.41) is 13.0. The number of rotatable bonds is 6. The van der Waals surface area contributed by atoms with Gasteiger partial charge in [-0.05, 0) is 38.0 Å². The summed E-state index contributed by atoms with van der Waals surface area (Å²) < 4.78 is 0. The van der Waals surface area contributed by atoms with Gasteiger partial charge in [-0.15, -0.1) is 0 Å². The number of aliphatic hydroxyl groups excluding tert-OH is 1. The van der Waals surface area contributed by atoms with Crippen molar-refractivity contribution >= 4 is 11.8 Å². The second-order valence-corrected chi connectivity index (χ2v) is 5.05. The van der Waals surface area contributed by atoms with Crippen LogP contribution in [0, 0.1) is 0 Å². The summed E-state index contributed by atoms with van der Waals surface area (Å²) in [6.45, 7) is 3.61. The fourth-order valence-electron chi connectivity index (χ4n) is 1.88. The van der Waals surface area contributed by atoms with Crippen LogP contribution in [0.15, 0.2) is 0 Å². The predicted molar refractivity (Wildman–Crippen MR) is 59.3 cm³/mol. The zero-order valence-electron chi connectivity index (χ0n) is 8.46. The summed E-state index contributed by atoms with van der Waals surface area (Å²) in [6, 6.07) is 0.761. The van der Waals surface area contributed by atoms with Gasteiger partial charge in [-0.25, -0.2) is 0 Å². The van der Waals surface area contributed by atoms with Gasteiger partial charge in [0.25, 0.3) is 0 Å². The van der Waals surface area contributed by atoms with Gasteiger partial charge in [-0.3, -0.25) is 0 Å². The first-order chi connectivity index (χ1) is 6.36. The van der Waals surface area contributed by atoms with Crippen molar-refractivity contribution in [3.63, 3.8) is 0 Å². The van der Waals surface area contributed by atoms with Gasteiger partial charge >= 0.3 is 0 Å². The van der Waals surface area contributed by atoms with Crippen LogP contribution in [0.5, 0.6) is 0 Å². The monoisotopic (exact) mass is 203 g/mol. The van der Waals surface area contributed by atoms with Crippen molar-refractivity contribution in [1.29, 1.82) is 0 Å². The smallest absolute Gasteiger partial charge is 0.0438 e. The van der Waals surface area contributed by atoms with E-state index in [-0.39, 0.29) is 0 Å². The molecule has 0 bridgehead atoms. The topological polar surface area (TPSA) is 32.3 Å². The third-order valence-corrected chi connectivity index (χ3v) is 3.96. The lowest BCUT2D eigenvalue weighted by atomic mass is 10.2. The van der Waals surface area contributed by atoms with Crippen molar-refractivity contribution in [2.45, 2.75) is 43.9 Å². The minimum absolute atomic E-state index is 0.344. The first-order valence-corrected chi connectivity index (χ1v) is 6.37. The molecule has 1 rings (SSSR count). The molecule has 78 valence electrons. The lowest BCUT2D eigenvalue weighted by Crippen LogP contribution is -2.26. The van der Waals surface area contributed by atoms with Crippen molar-refractivity contribution in [3.8, 4) is 0 Å². The van der Waals surface area contributed by atoms with Crippen molar-refractivity contribution in [2.24, 2.45) is 0 Å². The maximum Gasteiger partial charge on any atom is 0.0438 e. The first kappa shape index (κ1) is 11.3. The second kappa shape index (κ2) is 6.68. The first-order valence-electron chi connectivity index (χ1n) is 5.32. The molecule has 1 aliphatic carbocycles. The number of nitrogens with one attached hydrogen (secondary N) is 1. The van der Waals surface area contributed by atoms with E-state index in [1.807, 2.05) is 11.8 Å². The van der Waals surface area contributed by atoms with Crippen LogP contribution in [0.25, 0.3) is 0 Å². The highest BCUT2D eigenvalue weighted by molar-refractivity contribution is 7.99.